The van der Waals surface area contributed by atoms with E-state index in [0.29, 0.717) is 17.9 Å². The fraction of sp³-hybridized carbons (Fsp3) is 0.350. The van der Waals surface area contributed by atoms with Crippen molar-refractivity contribution < 1.29 is 14.3 Å². The van der Waals surface area contributed by atoms with E-state index in [9.17, 15) is 4.79 Å². The van der Waals surface area contributed by atoms with Gasteiger partial charge in [0.15, 0.2) is 5.78 Å². The minimum atomic E-state index is 0.0487. The first-order valence-electron chi connectivity index (χ1n) is 8.21. The van der Waals surface area contributed by atoms with Crippen molar-refractivity contribution in [3.8, 4) is 17.2 Å². The van der Waals surface area contributed by atoms with Gasteiger partial charge in [0.1, 0.15) is 17.2 Å². The van der Waals surface area contributed by atoms with Crippen LogP contribution in [0.1, 0.15) is 51.9 Å². The lowest BCUT2D eigenvalue weighted by molar-refractivity contribution is 0.101. The summed E-state index contributed by atoms with van der Waals surface area (Å²) in [7, 11) is 0. The topological polar surface area (TPSA) is 35.5 Å². The van der Waals surface area contributed by atoms with Crippen molar-refractivity contribution in [1.29, 1.82) is 0 Å². The number of hydrogen-bond donors (Lipinski definition) is 0. The highest BCUT2D eigenvalue weighted by atomic mass is 16.5. The molecule has 0 amide bonds. The molecule has 2 aromatic carbocycles. The standard InChI is InChI=1S/C16H16O3.2C2H6/c1-3-18-14-8-10-16(11-9-14)19-15-6-4-13(5-7-15)12(2)17;2*1-2/h4-11H,3H2,1-2H3;2*1-2H3. The van der Waals surface area contributed by atoms with Crippen molar-refractivity contribution >= 4 is 5.78 Å². The summed E-state index contributed by atoms with van der Waals surface area (Å²) < 4.78 is 11.0. The number of hydrogen-bond acceptors (Lipinski definition) is 3. The first-order chi connectivity index (χ1) is 11.2. The summed E-state index contributed by atoms with van der Waals surface area (Å²) in [6.45, 7) is 12.1. The molecular weight excluding hydrogens is 288 g/mol. The van der Waals surface area contributed by atoms with Crippen LogP contribution in [0.25, 0.3) is 0 Å². The molecule has 3 nitrogen and oxygen atoms in total. The van der Waals surface area contributed by atoms with Gasteiger partial charge in [-0.05, 0) is 62.4 Å². The van der Waals surface area contributed by atoms with Crippen molar-refractivity contribution in [2.45, 2.75) is 41.5 Å². The zero-order valence-corrected chi connectivity index (χ0v) is 15.1. The van der Waals surface area contributed by atoms with Crippen molar-refractivity contribution in [1.82, 2.24) is 0 Å². The summed E-state index contributed by atoms with van der Waals surface area (Å²) >= 11 is 0. The molecule has 23 heavy (non-hydrogen) atoms. The maximum Gasteiger partial charge on any atom is 0.159 e. The van der Waals surface area contributed by atoms with Crippen LogP contribution in [0.4, 0.5) is 0 Å². The molecule has 0 unspecified atom stereocenters. The minimum absolute atomic E-state index is 0.0487. The summed E-state index contributed by atoms with van der Waals surface area (Å²) in [5.41, 5.74) is 0.680. The van der Waals surface area contributed by atoms with Gasteiger partial charge in [0.05, 0.1) is 6.61 Å². The molecular formula is C20H28O3. The lowest BCUT2D eigenvalue weighted by Gasteiger charge is -2.07. The summed E-state index contributed by atoms with van der Waals surface area (Å²) in [4.78, 5) is 11.2. The van der Waals surface area contributed by atoms with E-state index in [4.69, 9.17) is 9.47 Å². The van der Waals surface area contributed by atoms with E-state index in [0.717, 1.165) is 11.5 Å². The minimum Gasteiger partial charge on any atom is -0.494 e. The summed E-state index contributed by atoms with van der Waals surface area (Å²) in [6.07, 6.45) is 0. The van der Waals surface area contributed by atoms with Gasteiger partial charge >= 0.3 is 0 Å². The fourth-order valence-electron chi connectivity index (χ4n) is 1.66. The van der Waals surface area contributed by atoms with Gasteiger partial charge < -0.3 is 9.47 Å². The average molecular weight is 316 g/mol. The van der Waals surface area contributed by atoms with Crippen molar-refractivity contribution in [3.63, 3.8) is 0 Å². The first-order valence-corrected chi connectivity index (χ1v) is 8.21. The van der Waals surface area contributed by atoms with Crippen LogP contribution in [-0.2, 0) is 0 Å². The lowest BCUT2D eigenvalue weighted by atomic mass is 10.1. The first kappa shape index (κ1) is 20.7. The molecule has 0 spiro atoms. The molecule has 0 radical (unpaired) electrons. The largest absolute Gasteiger partial charge is 0.494 e. The van der Waals surface area contributed by atoms with Gasteiger partial charge in [0, 0.05) is 5.56 Å². The van der Waals surface area contributed by atoms with E-state index in [1.165, 1.54) is 0 Å². The SMILES string of the molecule is CC.CC.CCOc1ccc(Oc2ccc(C(C)=O)cc2)cc1. The van der Waals surface area contributed by atoms with Crippen LogP contribution < -0.4 is 9.47 Å². The van der Waals surface area contributed by atoms with Crippen LogP contribution in [0.3, 0.4) is 0 Å². The highest BCUT2D eigenvalue weighted by molar-refractivity contribution is 5.94. The molecule has 0 aliphatic rings. The number of ether oxygens (including phenoxy) is 2. The lowest BCUT2D eigenvalue weighted by Crippen LogP contribution is -1.92. The second-order valence-electron chi connectivity index (χ2n) is 4.09. The third-order valence-electron chi connectivity index (χ3n) is 2.63. The number of benzene rings is 2. The second kappa shape index (κ2) is 12.3. The van der Waals surface area contributed by atoms with Crippen LogP contribution in [0.2, 0.25) is 0 Å². The van der Waals surface area contributed by atoms with E-state index in [1.54, 1.807) is 31.2 Å². The third-order valence-corrected chi connectivity index (χ3v) is 2.63. The Labute approximate surface area is 140 Å². The molecule has 0 aliphatic heterocycles. The molecule has 0 saturated carbocycles. The summed E-state index contributed by atoms with van der Waals surface area (Å²) in [5.74, 6) is 2.31. The van der Waals surface area contributed by atoms with Gasteiger partial charge in [-0.25, -0.2) is 0 Å². The predicted molar refractivity (Wildman–Crippen MR) is 96.8 cm³/mol. The molecule has 0 aliphatic carbocycles. The Hall–Kier alpha value is -2.29. The van der Waals surface area contributed by atoms with Crippen LogP contribution >= 0.6 is 0 Å². The predicted octanol–water partition coefficient (Wildman–Crippen LogP) is 6.13. The zero-order valence-electron chi connectivity index (χ0n) is 15.1. The quantitative estimate of drug-likeness (QED) is 0.622. The number of carbonyl (C=O) groups is 1. The second-order valence-corrected chi connectivity index (χ2v) is 4.09. The van der Waals surface area contributed by atoms with Crippen LogP contribution in [0.15, 0.2) is 48.5 Å². The smallest absolute Gasteiger partial charge is 0.159 e. The summed E-state index contributed by atoms with van der Waals surface area (Å²) in [5, 5.41) is 0. The molecule has 2 aromatic rings. The third kappa shape index (κ3) is 7.50. The van der Waals surface area contributed by atoms with E-state index in [2.05, 4.69) is 0 Å². The van der Waals surface area contributed by atoms with Gasteiger partial charge in [-0.1, -0.05) is 27.7 Å². The number of Topliss-reactive ketones (excluding diaryl/α,β-unsaturated/α-hetero) is 1. The molecule has 2 rings (SSSR count). The summed E-state index contributed by atoms with van der Waals surface area (Å²) in [6, 6.07) is 14.5. The normalized spacial score (nSPS) is 8.78. The molecule has 0 N–H and O–H groups in total. The number of carbonyl (C=O) groups excluding carboxylic acids is 1. The average Bonchev–Trinajstić information content (AvgIpc) is 2.61. The van der Waals surface area contributed by atoms with E-state index in [1.807, 2.05) is 58.9 Å². The Morgan fingerprint density at radius 2 is 1.17 bits per heavy atom. The fourth-order valence-corrected chi connectivity index (χ4v) is 1.66. The molecule has 0 saturated heterocycles. The number of ketones is 1. The zero-order chi connectivity index (χ0) is 17.7. The molecule has 0 aromatic heterocycles. The number of rotatable bonds is 5. The molecule has 0 bridgehead atoms. The Bertz CT molecular complexity index is 542. The van der Waals surface area contributed by atoms with Crippen molar-refractivity contribution in [3.05, 3.63) is 54.1 Å². The molecule has 126 valence electrons. The van der Waals surface area contributed by atoms with Crippen LogP contribution in [0.5, 0.6) is 17.2 Å². The molecule has 0 heterocycles. The maximum atomic E-state index is 11.2. The van der Waals surface area contributed by atoms with Crippen LogP contribution in [-0.4, -0.2) is 12.4 Å². The van der Waals surface area contributed by atoms with Crippen LogP contribution in [0, 0.1) is 0 Å². The highest BCUT2D eigenvalue weighted by Crippen LogP contribution is 2.24. The van der Waals surface area contributed by atoms with Gasteiger partial charge in [0.25, 0.3) is 0 Å². The van der Waals surface area contributed by atoms with Crippen molar-refractivity contribution in [2.24, 2.45) is 0 Å². The van der Waals surface area contributed by atoms with Gasteiger partial charge in [-0.3, -0.25) is 4.79 Å². The molecule has 0 atom stereocenters. The Kier molecular flexibility index (Phi) is 11.1. The van der Waals surface area contributed by atoms with Crippen molar-refractivity contribution in [2.75, 3.05) is 6.61 Å². The van der Waals surface area contributed by atoms with Gasteiger partial charge in [-0.2, -0.15) is 0 Å². The van der Waals surface area contributed by atoms with E-state index < -0.39 is 0 Å². The Morgan fingerprint density at radius 1 is 0.783 bits per heavy atom. The monoisotopic (exact) mass is 316 g/mol. The van der Waals surface area contributed by atoms with Gasteiger partial charge in [0.2, 0.25) is 0 Å². The highest BCUT2D eigenvalue weighted by Gasteiger charge is 2.01. The van der Waals surface area contributed by atoms with Gasteiger partial charge in [-0.15, -0.1) is 0 Å². The Morgan fingerprint density at radius 3 is 1.57 bits per heavy atom. The molecule has 3 heteroatoms. The van der Waals surface area contributed by atoms with E-state index in [-0.39, 0.29) is 5.78 Å². The Balaban J connectivity index is 0.00000112. The van der Waals surface area contributed by atoms with E-state index >= 15 is 0 Å². The molecule has 0 fully saturated rings. The maximum absolute atomic E-state index is 11.2.